The summed E-state index contributed by atoms with van der Waals surface area (Å²) in [5.74, 6) is 0.841. The summed E-state index contributed by atoms with van der Waals surface area (Å²) in [5.41, 5.74) is 1.08. The molecule has 0 aromatic carbocycles. The molecule has 21 heavy (non-hydrogen) atoms. The van der Waals surface area contributed by atoms with Crippen LogP contribution in [-0.2, 0) is 11.2 Å². The van der Waals surface area contributed by atoms with E-state index in [1.807, 2.05) is 17.0 Å². The van der Waals surface area contributed by atoms with Crippen molar-refractivity contribution in [2.24, 2.45) is 11.8 Å². The van der Waals surface area contributed by atoms with Crippen molar-refractivity contribution in [3.8, 4) is 0 Å². The Morgan fingerprint density at radius 1 is 1.24 bits per heavy atom. The highest BCUT2D eigenvalue weighted by molar-refractivity contribution is 5.76. The second kappa shape index (κ2) is 6.12. The van der Waals surface area contributed by atoms with Gasteiger partial charge in [-0.15, -0.1) is 0 Å². The molecule has 1 aliphatic carbocycles. The highest BCUT2D eigenvalue weighted by Gasteiger charge is 2.42. The molecule has 1 aliphatic heterocycles. The van der Waals surface area contributed by atoms with Crippen LogP contribution in [0.2, 0.25) is 0 Å². The summed E-state index contributed by atoms with van der Waals surface area (Å²) < 4.78 is 0. The molecule has 4 atom stereocenters. The van der Waals surface area contributed by atoms with Gasteiger partial charge in [0.05, 0.1) is 12.2 Å². The Morgan fingerprint density at radius 2 is 1.90 bits per heavy atom. The Hall–Kier alpha value is -1.46. The van der Waals surface area contributed by atoms with Crippen molar-refractivity contribution in [2.45, 2.75) is 37.9 Å². The van der Waals surface area contributed by atoms with Crippen LogP contribution in [0.4, 0.5) is 0 Å². The molecule has 0 radical (unpaired) electrons. The SMILES string of the molecule is O=C(CCc1cccnc1)N1C[C@H]2C[C@H](O)[C@@H](O)C[C@H]2C1. The fourth-order valence-electron chi connectivity index (χ4n) is 3.57. The number of hydrogen-bond donors (Lipinski definition) is 2. The van der Waals surface area contributed by atoms with Gasteiger partial charge in [-0.05, 0) is 42.7 Å². The second-order valence-corrected chi connectivity index (χ2v) is 6.29. The molecule has 2 fully saturated rings. The minimum absolute atomic E-state index is 0.164. The van der Waals surface area contributed by atoms with Gasteiger partial charge in [0.2, 0.25) is 5.91 Å². The molecule has 1 saturated carbocycles. The van der Waals surface area contributed by atoms with Crippen LogP contribution >= 0.6 is 0 Å². The topological polar surface area (TPSA) is 73.7 Å². The standard InChI is InChI=1S/C16H22N2O3/c19-14-6-12-9-18(10-13(12)7-15(14)20)16(21)4-3-11-2-1-5-17-8-11/h1-2,5,8,12-15,19-20H,3-4,6-7,9-10H2/t12-,13+,14-,15-/m0/s1. The van der Waals surface area contributed by atoms with Crippen molar-refractivity contribution in [3.63, 3.8) is 0 Å². The molecule has 5 nitrogen and oxygen atoms in total. The quantitative estimate of drug-likeness (QED) is 0.855. The van der Waals surface area contributed by atoms with Gasteiger partial charge in [0, 0.05) is 31.9 Å². The lowest BCUT2D eigenvalue weighted by molar-refractivity contribution is -0.130. The zero-order valence-electron chi connectivity index (χ0n) is 12.1. The summed E-state index contributed by atoms with van der Waals surface area (Å²) in [4.78, 5) is 18.3. The molecule has 1 saturated heterocycles. The second-order valence-electron chi connectivity index (χ2n) is 6.29. The zero-order chi connectivity index (χ0) is 14.8. The third-order valence-corrected chi connectivity index (χ3v) is 4.81. The molecule has 1 aromatic heterocycles. The number of pyridine rings is 1. The Balaban J connectivity index is 1.53. The number of nitrogens with zero attached hydrogens (tertiary/aromatic N) is 2. The van der Waals surface area contributed by atoms with Crippen LogP contribution in [0.25, 0.3) is 0 Å². The highest BCUT2D eigenvalue weighted by atomic mass is 16.3. The normalized spacial score (nSPS) is 32.0. The van der Waals surface area contributed by atoms with Gasteiger partial charge in [-0.3, -0.25) is 9.78 Å². The van der Waals surface area contributed by atoms with E-state index in [-0.39, 0.29) is 5.91 Å². The fourth-order valence-corrected chi connectivity index (χ4v) is 3.57. The number of aliphatic hydroxyl groups is 2. The van der Waals surface area contributed by atoms with Crippen molar-refractivity contribution in [1.82, 2.24) is 9.88 Å². The van der Waals surface area contributed by atoms with Crippen LogP contribution < -0.4 is 0 Å². The number of aryl methyl sites for hydroxylation is 1. The van der Waals surface area contributed by atoms with E-state index in [1.165, 1.54) is 0 Å². The number of rotatable bonds is 3. The van der Waals surface area contributed by atoms with E-state index in [0.29, 0.717) is 37.5 Å². The van der Waals surface area contributed by atoms with E-state index in [0.717, 1.165) is 18.7 Å². The summed E-state index contributed by atoms with van der Waals surface area (Å²) >= 11 is 0. The Labute approximate surface area is 124 Å². The lowest BCUT2D eigenvalue weighted by Crippen LogP contribution is -2.38. The van der Waals surface area contributed by atoms with Gasteiger partial charge in [0.1, 0.15) is 0 Å². The molecule has 2 N–H and O–H groups in total. The van der Waals surface area contributed by atoms with E-state index in [9.17, 15) is 15.0 Å². The van der Waals surface area contributed by atoms with Gasteiger partial charge in [-0.25, -0.2) is 0 Å². The summed E-state index contributed by atoms with van der Waals surface area (Å²) in [5, 5.41) is 19.5. The van der Waals surface area contributed by atoms with Crippen LogP contribution in [0.15, 0.2) is 24.5 Å². The fraction of sp³-hybridized carbons (Fsp3) is 0.625. The number of aromatic nitrogens is 1. The third kappa shape index (κ3) is 3.24. The third-order valence-electron chi connectivity index (χ3n) is 4.81. The van der Waals surface area contributed by atoms with Crippen molar-refractivity contribution in [3.05, 3.63) is 30.1 Å². The summed E-state index contributed by atoms with van der Waals surface area (Å²) in [6.45, 7) is 1.45. The van der Waals surface area contributed by atoms with Gasteiger partial charge < -0.3 is 15.1 Å². The summed E-state index contributed by atoms with van der Waals surface area (Å²) in [7, 11) is 0. The maximum absolute atomic E-state index is 12.3. The minimum Gasteiger partial charge on any atom is -0.390 e. The molecule has 1 amide bonds. The molecule has 2 heterocycles. The number of fused-ring (bicyclic) bond motifs is 1. The first kappa shape index (κ1) is 14.5. The van der Waals surface area contributed by atoms with Crippen molar-refractivity contribution < 1.29 is 15.0 Å². The summed E-state index contributed by atoms with van der Waals surface area (Å²) in [6.07, 6.45) is 4.70. The number of hydrogen-bond acceptors (Lipinski definition) is 4. The highest BCUT2D eigenvalue weighted by Crippen LogP contribution is 2.36. The minimum atomic E-state index is -0.628. The van der Waals surface area contributed by atoms with E-state index in [1.54, 1.807) is 12.4 Å². The van der Waals surface area contributed by atoms with Gasteiger partial charge in [0.25, 0.3) is 0 Å². The first-order chi connectivity index (χ1) is 10.1. The van der Waals surface area contributed by atoms with Crippen LogP contribution in [0.3, 0.4) is 0 Å². The predicted octanol–water partition coefficient (Wildman–Crippen LogP) is 0.604. The first-order valence-electron chi connectivity index (χ1n) is 7.66. The average Bonchev–Trinajstić information content (AvgIpc) is 2.89. The van der Waals surface area contributed by atoms with Crippen LogP contribution in [0.5, 0.6) is 0 Å². The molecular weight excluding hydrogens is 268 g/mol. The molecular formula is C16H22N2O3. The van der Waals surface area contributed by atoms with Crippen molar-refractivity contribution in [1.29, 1.82) is 0 Å². The molecule has 3 rings (SSSR count). The lowest BCUT2D eigenvalue weighted by Gasteiger charge is -2.31. The smallest absolute Gasteiger partial charge is 0.222 e. The molecule has 114 valence electrons. The maximum atomic E-state index is 12.3. The molecule has 1 aromatic rings. The van der Waals surface area contributed by atoms with Gasteiger partial charge >= 0.3 is 0 Å². The molecule has 0 bridgehead atoms. The zero-order valence-corrected chi connectivity index (χ0v) is 12.1. The van der Waals surface area contributed by atoms with Crippen LogP contribution in [0.1, 0.15) is 24.8 Å². The van der Waals surface area contributed by atoms with E-state index >= 15 is 0 Å². The predicted molar refractivity (Wildman–Crippen MR) is 77.4 cm³/mol. The lowest BCUT2D eigenvalue weighted by atomic mass is 9.79. The van der Waals surface area contributed by atoms with Crippen molar-refractivity contribution in [2.75, 3.05) is 13.1 Å². The molecule has 2 aliphatic rings. The van der Waals surface area contributed by atoms with Crippen molar-refractivity contribution >= 4 is 5.91 Å². The van der Waals surface area contributed by atoms with Gasteiger partial charge in [-0.2, -0.15) is 0 Å². The molecule has 0 unspecified atom stereocenters. The average molecular weight is 290 g/mol. The monoisotopic (exact) mass is 290 g/mol. The van der Waals surface area contributed by atoms with E-state index < -0.39 is 12.2 Å². The number of carbonyl (C=O) groups excluding carboxylic acids is 1. The molecule has 5 heteroatoms. The number of likely N-dealkylation sites (tertiary alicyclic amines) is 1. The van der Waals surface area contributed by atoms with Crippen LogP contribution in [0, 0.1) is 11.8 Å². The van der Waals surface area contributed by atoms with Gasteiger partial charge in [0.15, 0.2) is 0 Å². The van der Waals surface area contributed by atoms with E-state index in [2.05, 4.69) is 4.98 Å². The number of amides is 1. The van der Waals surface area contributed by atoms with Crippen LogP contribution in [-0.4, -0.2) is 51.3 Å². The Morgan fingerprint density at radius 3 is 2.48 bits per heavy atom. The Bertz CT molecular complexity index is 476. The van der Waals surface area contributed by atoms with Gasteiger partial charge in [-0.1, -0.05) is 6.07 Å². The number of aliphatic hydroxyl groups excluding tert-OH is 2. The summed E-state index contributed by atoms with van der Waals surface area (Å²) in [6, 6.07) is 3.86. The first-order valence-corrected chi connectivity index (χ1v) is 7.66. The largest absolute Gasteiger partial charge is 0.390 e. The number of carbonyl (C=O) groups is 1. The molecule has 0 spiro atoms. The Kier molecular flexibility index (Phi) is 4.22. The maximum Gasteiger partial charge on any atom is 0.222 e. The van der Waals surface area contributed by atoms with E-state index in [4.69, 9.17) is 0 Å².